The van der Waals surface area contributed by atoms with E-state index < -0.39 is 6.36 Å². The van der Waals surface area contributed by atoms with Crippen molar-refractivity contribution < 1.29 is 27.4 Å². The van der Waals surface area contributed by atoms with Gasteiger partial charge in [-0.05, 0) is 32.9 Å². The molecule has 0 saturated carbocycles. The summed E-state index contributed by atoms with van der Waals surface area (Å²) in [4.78, 5) is 11.6. The molecule has 3 N–H and O–H groups in total. The van der Waals surface area contributed by atoms with E-state index >= 15 is 0 Å². The largest absolute Gasteiger partial charge is 0.573 e. The van der Waals surface area contributed by atoms with Gasteiger partial charge in [0.15, 0.2) is 5.75 Å². The molecule has 0 amide bonds. The SMILES string of the molecule is CC(C)(C)OC=O.Nc1ccc(N2CCNCC2)cc1OC(F)(F)F. The van der Waals surface area contributed by atoms with Crippen molar-refractivity contribution in [2.75, 3.05) is 36.8 Å². The number of anilines is 2. The van der Waals surface area contributed by atoms with E-state index in [4.69, 9.17) is 5.73 Å². The van der Waals surface area contributed by atoms with Crippen LogP contribution in [0, 0.1) is 0 Å². The van der Waals surface area contributed by atoms with E-state index in [2.05, 4.69) is 14.8 Å². The Balaban J connectivity index is 0.000000381. The van der Waals surface area contributed by atoms with Crippen molar-refractivity contribution in [2.45, 2.75) is 32.7 Å². The van der Waals surface area contributed by atoms with E-state index in [9.17, 15) is 18.0 Å². The van der Waals surface area contributed by atoms with Crippen LogP contribution in [0.3, 0.4) is 0 Å². The normalized spacial score (nSPS) is 15.0. The first-order valence-corrected chi connectivity index (χ1v) is 7.74. The Morgan fingerprint density at radius 3 is 2.24 bits per heavy atom. The number of hydrogen-bond acceptors (Lipinski definition) is 6. The number of nitrogen functional groups attached to an aromatic ring is 1. The Hall–Kier alpha value is -2.16. The lowest BCUT2D eigenvalue weighted by atomic mass is 10.2. The molecule has 1 heterocycles. The minimum Gasteiger partial charge on any atom is -0.462 e. The lowest BCUT2D eigenvalue weighted by Crippen LogP contribution is -2.43. The third kappa shape index (κ3) is 8.48. The van der Waals surface area contributed by atoms with E-state index in [0.29, 0.717) is 12.2 Å². The molecule has 0 aliphatic carbocycles. The van der Waals surface area contributed by atoms with E-state index in [0.717, 1.165) is 26.2 Å². The number of hydrogen-bond donors (Lipinski definition) is 2. The van der Waals surface area contributed by atoms with Crippen molar-refractivity contribution in [3.05, 3.63) is 18.2 Å². The molecule has 1 aliphatic heterocycles. The summed E-state index contributed by atoms with van der Waals surface area (Å²) in [7, 11) is 0. The zero-order valence-electron chi connectivity index (χ0n) is 14.5. The highest BCUT2D eigenvalue weighted by atomic mass is 19.4. The molecule has 6 nitrogen and oxygen atoms in total. The second-order valence-corrected chi connectivity index (χ2v) is 6.33. The van der Waals surface area contributed by atoms with Gasteiger partial charge in [-0.1, -0.05) is 0 Å². The number of carbonyl (C=O) groups is 1. The number of nitrogens with zero attached hydrogens (tertiary/aromatic N) is 1. The monoisotopic (exact) mass is 363 g/mol. The lowest BCUT2D eigenvalue weighted by Gasteiger charge is -2.29. The Morgan fingerprint density at radius 2 is 1.80 bits per heavy atom. The van der Waals surface area contributed by atoms with Crippen molar-refractivity contribution in [3.63, 3.8) is 0 Å². The van der Waals surface area contributed by atoms with Crippen LogP contribution in [0.25, 0.3) is 0 Å². The zero-order chi connectivity index (χ0) is 19.1. The summed E-state index contributed by atoms with van der Waals surface area (Å²) >= 11 is 0. The number of piperazine rings is 1. The topological polar surface area (TPSA) is 76.8 Å². The van der Waals surface area contributed by atoms with Crippen LogP contribution in [0.1, 0.15) is 20.8 Å². The van der Waals surface area contributed by atoms with Crippen LogP contribution in [0.4, 0.5) is 24.5 Å². The fraction of sp³-hybridized carbons (Fsp3) is 0.562. The molecule has 0 bridgehead atoms. The van der Waals surface area contributed by atoms with Gasteiger partial charge in [-0.25, -0.2) is 0 Å². The number of alkyl halides is 3. The van der Waals surface area contributed by atoms with Crippen molar-refractivity contribution >= 4 is 17.8 Å². The molecule has 142 valence electrons. The molecule has 0 spiro atoms. The Kier molecular flexibility index (Phi) is 7.35. The number of nitrogens with two attached hydrogens (primary N) is 1. The number of benzene rings is 1. The molecule has 9 heteroatoms. The summed E-state index contributed by atoms with van der Waals surface area (Å²) in [5.74, 6) is -0.349. The molecular weight excluding hydrogens is 339 g/mol. The fourth-order valence-electron chi connectivity index (χ4n) is 2.00. The number of carbonyl (C=O) groups excluding carboxylic acids is 1. The standard InChI is InChI=1S/C11H14F3N3O.C5H10O2/c12-11(13,14)18-10-7-8(1-2-9(10)15)17-5-3-16-4-6-17;1-5(2,3)7-4-6/h1-2,7,16H,3-6,15H2;4H,1-3H3. The second kappa shape index (κ2) is 8.80. The molecule has 0 atom stereocenters. The van der Waals surface area contributed by atoms with Gasteiger partial charge in [-0.15, -0.1) is 13.2 Å². The second-order valence-electron chi connectivity index (χ2n) is 6.33. The Labute approximate surface area is 145 Å². The summed E-state index contributed by atoms with van der Waals surface area (Å²) < 4.78 is 45.0. The smallest absolute Gasteiger partial charge is 0.462 e. The minimum absolute atomic E-state index is 0.0220. The average Bonchev–Trinajstić information content (AvgIpc) is 2.48. The summed E-state index contributed by atoms with van der Waals surface area (Å²) in [6, 6.07) is 4.45. The molecule has 1 fully saturated rings. The van der Waals surface area contributed by atoms with Crippen molar-refractivity contribution in [1.82, 2.24) is 5.32 Å². The molecule has 0 aromatic heterocycles. The van der Waals surface area contributed by atoms with Crippen LogP contribution >= 0.6 is 0 Å². The van der Waals surface area contributed by atoms with Crippen LogP contribution in [-0.4, -0.2) is 44.6 Å². The van der Waals surface area contributed by atoms with Gasteiger partial charge < -0.3 is 25.4 Å². The van der Waals surface area contributed by atoms with E-state index in [1.807, 2.05) is 25.7 Å². The number of rotatable bonds is 3. The molecule has 1 saturated heterocycles. The number of ether oxygens (including phenoxy) is 2. The van der Waals surface area contributed by atoms with Crippen LogP contribution in [-0.2, 0) is 9.53 Å². The molecule has 0 radical (unpaired) electrons. The van der Waals surface area contributed by atoms with Crippen molar-refractivity contribution in [1.29, 1.82) is 0 Å². The summed E-state index contributed by atoms with van der Waals surface area (Å²) in [6.45, 7) is 9.02. The average molecular weight is 363 g/mol. The molecular formula is C16H24F3N3O3. The van der Waals surface area contributed by atoms with E-state index in [1.54, 1.807) is 6.07 Å². The number of halogens is 3. The Bertz CT molecular complexity index is 554. The van der Waals surface area contributed by atoms with E-state index in [-0.39, 0.29) is 17.0 Å². The van der Waals surface area contributed by atoms with Gasteiger partial charge in [0.05, 0.1) is 5.69 Å². The van der Waals surface area contributed by atoms with Crippen molar-refractivity contribution in [2.24, 2.45) is 0 Å². The van der Waals surface area contributed by atoms with Crippen LogP contribution in [0.2, 0.25) is 0 Å². The fourth-order valence-corrected chi connectivity index (χ4v) is 2.00. The third-order valence-corrected chi connectivity index (χ3v) is 3.11. The highest BCUT2D eigenvalue weighted by Gasteiger charge is 2.32. The van der Waals surface area contributed by atoms with Crippen LogP contribution < -0.4 is 20.7 Å². The first-order chi connectivity index (χ1) is 11.5. The highest BCUT2D eigenvalue weighted by molar-refractivity contribution is 5.62. The van der Waals surface area contributed by atoms with E-state index in [1.165, 1.54) is 12.1 Å². The van der Waals surface area contributed by atoms with Crippen LogP contribution in [0.15, 0.2) is 18.2 Å². The van der Waals surface area contributed by atoms with Gasteiger partial charge in [0.1, 0.15) is 5.60 Å². The molecule has 0 unspecified atom stereocenters. The first-order valence-electron chi connectivity index (χ1n) is 7.74. The summed E-state index contributed by atoms with van der Waals surface area (Å²) in [5, 5.41) is 3.17. The molecule has 2 rings (SSSR count). The molecule has 1 aromatic rings. The predicted molar refractivity (Wildman–Crippen MR) is 89.5 cm³/mol. The van der Waals surface area contributed by atoms with Gasteiger partial charge >= 0.3 is 6.36 Å². The van der Waals surface area contributed by atoms with Gasteiger partial charge in [-0.3, -0.25) is 4.79 Å². The maximum Gasteiger partial charge on any atom is 0.573 e. The quantitative estimate of drug-likeness (QED) is 0.635. The van der Waals surface area contributed by atoms with Gasteiger partial charge in [-0.2, -0.15) is 0 Å². The van der Waals surface area contributed by atoms with Gasteiger partial charge in [0.25, 0.3) is 6.47 Å². The zero-order valence-corrected chi connectivity index (χ0v) is 14.5. The van der Waals surface area contributed by atoms with Gasteiger partial charge in [0, 0.05) is 37.9 Å². The lowest BCUT2D eigenvalue weighted by molar-refractivity contribution is -0.274. The summed E-state index contributed by atoms with van der Waals surface area (Å²) in [6.07, 6.45) is -4.73. The summed E-state index contributed by atoms with van der Waals surface area (Å²) in [5.41, 5.74) is 5.82. The molecule has 25 heavy (non-hydrogen) atoms. The number of nitrogens with one attached hydrogen (secondary N) is 1. The van der Waals surface area contributed by atoms with Crippen LogP contribution in [0.5, 0.6) is 5.75 Å². The third-order valence-electron chi connectivity index (χ3n) is 3.11. The van der Waals surface area contributed by atoms with Gasteiger partial charge in [0.2, 0.25) is 0 Å². The molecule has 1 aliphatic rings. The van der Waals surface area contributed by atoms with Crippen molar-refractivity contribution in [3.8, 4) is 5.75 Å². The first kappa shape index (κ1) is 20.9. The maximum absolute atomic E-state index is 12.2. The highest BCUT2D eigenvalue weighted by Crippen LogP contribution is 2.32. The predicted octanol–water partition coefficient (Wildman–Crippen LogP) is 2.53. The Morgan fingerprint density at radius 1 is 1.20 bits per heavy atom. The molecule has 1 aromatic carbocycles. The maximum atomic E-state index is 12.2. The minimum atomic E-state index is -4.73.